The smallest absolute Gasteiger partial charge is 0.308 e. The number of pyridine rings is 1. The van der Waals surface area contributed by atoms with Gasteiger partial charge in [0.15, 0.2) is 0 Å². The number of carbonyl (C=O) groups is 2. The van der Waals surface area contributed by atoms with Crippen molar-refractivity contribution in [2.45, 2.75) is 25.8 Å². The second-order valence-electron chi connectivity index (χ2n) is 4.79. The summed E-state index contributed by atoms with van der Waals surface area (Å²) in [4.78, 5) is 28.4. The third kappa shape index (κ3) is 3.27. The summed E-state index contributed by atoms with van der Waals surface area (Å²) in [5.74, 6) is -2.42. The first-order valence-electron chi connectivity index (χ1n) is 6.14. The number of carboxylic acid groups (broad SMARTS) is 1. The van der Waals surface area contributed by atoms with E-state index in [1.807, 2.05) is 0 Å². The largest absolute Gasteiger partial charge is 0.481 e. The monoisotopic (exact) mass is 266 g/mol. The van der Waals surface area contributed by atoms with E-state index in [4.69, 9.17) is 5.11 Å². The SMILES string of the molecule is CC(CN(C(=O)c1ccc(F)cn1)C1CC1)C(=O)O. The van der Waals surface area contributed by atoms with Gasteiger partial charge in [0.2, 0.25) is 0 Å². The van der Waals surface area contributed by atoms with Crippen molar-refractivity contribution in [2.24, 2.45) is 5.92 Å². The molecular formula is C13H15FN2O3. The van der Waals surface area contributed by atoms with Gasteiger partial charge in [-0.05, 0) is 25.0 Å². The summed E-state index contributed by atoms with van der Waals surface area (Å²) in [6, 6.07) is 2.57. The third-order valence-corrected chi connectivity index (χ3v) is 3.09. The van der Waals surface area contributed by atoms with Crippen molar-refractivity contribution in [1.29, 1.82) is 0 Å². The van der Waals surface area contributed by atoms with Gasteiger partial charge in [0.05, 0.1) is 12.1 Å². The van der Waals surface area contributed by atoms with E-state index in [1.54, 1.807) is 6.92 Å². The topological polar surface area (TPSA) is 70.5 Å². The Labute approximate surface area is 110 Å². The van der Waals surface area contributed by atoms with Crippen LogP contribution in [0, 0.1) is 11.7 Å². The van der Waals surface area contributed by atoms with Crippen LogP contribution in [0.1, 0.15) is 30.3 Å². The first-order chi connectivity index (χ1) is 8.99. The summed E-state index contributed by atoms with van der Waals surface area (Å²) >= 11 is 0. The molecule has 1 unspecified atom stereocenters. The van der Waals surface area contributed by atoms with Crippen molar-refractivity contribution in [3.63, 3.8) is 0 Å². The number of aromatic nitrogens is 1. The fourth-order valence-electron chi connectivity index (χ4n) is 1.81. The van der Waals surface area contributed by atoms with Crippen LogP contribution in [0.3, 0.4) is 0 Å². The number of nitrogens with zero attached hydrogens (tertiary/aromatic N) is 2. The van der Waals surface area contributed by atoms with Gasteiger partial charge >= 0.3 is 5.97 Å². The lowest BCUT2D eigenvalue weighted by atomic mass is 10.1. The molecule has 5 nitrogen and oxygen atoms in total. The van der Waals surface area contributed by atoms with E-state index in [9.17, 15) is 14.0 Å². The van der Waals surface area contributed by atoms with E-state index in [2.05, 4.69) is 4.98 Å². The molecule has 2 rings (SSSR count). The molecule has 1 aliphatic rings. The molecule has 1 aromatic rings. The number of aliphatic carboxylic acids is 1. The van der Waals surface area contributed by atoms with E-state index in [0.717, 1.165) is 19.0 Å². The molecule has 0 saturated heterocycles. The molecule has 0 bridgehead atoms. The van der Waals surface area contributed by atoms with Gasteiger partial charge in [0, 0.05) is 12.6 Å². The normalized spacial score (nSPS) is 15.9. The standard InChI is InChI=1S/C13H15FN2O3/c1-8(13(18)19)7-16(10-3-4-10)12(17)11-5-2-9(14)6-15-11/h2,5-6,8,10H,3-4,7H2,1H3,(H,18,19). The van der Waals surface area contributed by atoms with Crippen LogP contribution in [0.4, 0.5) is 4.39 Å². The maximum Gasteiger partial charge on any atom is 0.308 e. The van der Waals surface area contributed by atoms with Crippen LogP contribution in [0.5, 0.6) is 0 Å². The second kappa shape index (κ2) is 5.34. The summed E-state index contributed by atoms with van der Waals surface area (Å²) in [6.45, 7) is 1.71. The van der Waals surface area contributed by atoms with E-state index in [-0.39, 0.29) is 24.2 Å². The Morgan fingerprint density at radius 3 is 2.68 bits per heavy atom. The van der Waals surface area contributed by atoms with E-state index < -0.39 is 17.7 Å². The lowest BCUT2D eigenvalue weighted by molar-refractivity contribution is -0.141. The molecule has 1 fully saturated rings. The van der Waals surface area contributed by atoms with Gasteiger partial charge in [-0.1, -0.05) is 6.92 Å². The van der Waals surface area contributed by atoms with Crippen molar-refractivity contribution >= 4 is 11.9 Å². The average Bonchev–Trinajstić information content (AvgIpc) is 3.19. The molecule has 0 aromatic carbocycles. The highest BCUT2D eigenvalue weighted by atomic mass is 19.1. The maximum atomic E-state index is 12.8. The number of hydrogen-bond acceptors (Lipinski definition) is 3. The minimum Gasteiger partial charge on any atom is -0.481 e. The van der Waals surface area contributed by atoms with Crippen LogP contribution >= 0.6 is 0 Å². The van der Waals surface area contributed by atoms with Crippen molar-refractivity contribution in [2.75, 3.05) is 6.54 Å². The van der Waals surface area contributed by atoms with E-state index >= 15 is 0 Å². The summed E-state index contributed by atoms with van der Waals surface area (Å²) in [6.07, 6.45) is 2.73. The molecule has 0 spiro atoms. The first-order valence-corrected chi connectivity index (χ1v) is 6.14. The van der Waals surface area contributed by atoms with Crippen molar-refractivity contribution in [3.05, 3.63) is 29.8 Å². The Hall–Kier alpha value is -1.98. The van der Waals surface area contributed by atoms with Crippen LogP contribution in [-0.4, -0.2) is 39.5 Å². The number of carbonyl (C=O) groups excluding carboxylic acids is 1. The lowest BCUT2D eigenvalue weighted by Crippen LogP contribution is -2.38. The Morgan fingerprint density at radius 1 is 1.53 bits per heavy atom. The zero-order valence-corrected chi connectivity index (χ0v) is 10.5. The number of carboxylic acids is 1. The fraction of sp³-hybridized carbons (Fsp3) is 0.462. The van der Waals surface area contributed by atoms with Crippen molar-refractivity contribution in [1.82, 2.24) is 9.88 Å². The van der Waals surface area contributed by atoms with Gasteiger partial charge in [0.1, 0.15) is 11.5 Å². The summed E-state index contributed by atoms with van der Waals surface area (Å²) in [5, 5.41) is 8.92. The molecule has 6 heteroatoms. The number of halogens is 1. The van der Waals surface area contributed by atoms with E-state index in [1.165, 1.54) is 17.0 Å². The van der Waals surface area contributed by atoms with Crippen LogP contribution in [0.15, 0.2) is 18.3 Å². The zero-order chi connectivity index (χ0) is 14.0. The molecule has 1 heterocycles. The summed E-state index contributed by atoms with van der Waals surface area (Å²) < 4.78 is 12.8. The van der Waals surface area contributed by atoms with Crippen molar-refractivity contribution < 1.29 is 19.1 Å². The van der Waals surface area contributed by atoms with Crippen LogP contribution in [-0.2, 0) is 4.79 Å². The Kier molecular flexibility index (Phi) is 3.78. The molecule has 1 N–H and O–H groups in total. The predicted octanol–water partition coefficient (Wildman–Crippen LogP) is 1.55. The van der Waals surface area contributed by atoms with Gasteiger partial charge < -0.3 is 10.0 Å². The van der Waals surface area contributed by atoms with Gasteiger partial charge in [-0.15, -0.1) is 0 Å². The third-order valence-electron chi connectivity index (χ3n) is 3.09. The highest BCUT2D eigenvalue weighted by Gasteiger charge is 2.35. The second-order valence-corrected chi connectivity index (χ2v) is 4.79. The molecule has 0 aliphatic heterocycles. The summed E-state index contributed by atoms with van der Waals surface area (Å²) in [7, 11) is 0. The molecule has 1 aliphatic carbocycles. The molecule has 1 atom stereocenters. The Balaban J connectivity index is 2.12. The molecule has 1 aromatic heterocycles. The lowest BCUT2D eigenvalue weighted by Gasteiger charge is -2.23. The molecule has 1 saturated carbocycles. The number of hydrogen-bond donors (Lipinski definition) is 1. The summed E-state index contributed by atoms with van der Waals surface area (Å²) in [5.41, 5.74) is 0.144. The minimum absolute atomic E-state index is 0.0844. The fourth-order valence-corrected chi connectivity index (χ4v) is 1.81. The predicted molar refractivity (Wildman–Crippen MR) is 65.1 cm³/mol. The van der Waals surface area contributed by atoms with Gasteiger partial charge in [0.25, 0.3) is 5.91 Å². The van der Waals surface area contributed by atoms with E-state index in [0.29, 0.717) is 0 Å². The molecule has 102 valence electrons. The Morgan fingerprint density at radius 2 is 2.21 bits per heavy atom. The van der Waals surface area contributed by atoms with Crippen LogP contribution < -0.4 is 0 Å². The van der Waals surface area contributed by atoms with Crippen LogP contribution in [0.25, 0.3) is 0 Å². The van der Waals surface area contributed by atoms with Crippen molar-refractivity contribution in [3.8, 4) is 0 Å². The van der Waals surface area contributed by atoms with Gasteiger partial charge in [-0.2, -0.15) is 0 Å². The first kappa shape index (κ1) is 13.5. The molecule has 19 heavy (non-hydrogen) atoms. The highest BCUT2D eigenvalue weighted by Crippen LogP contribution is 2.28. The number of rotatable bonds is 5. The van der Waals surface area contributed by atoms with Crippen LogP contribution in [0.2, 0.25) is 0 Å². The maximum absolute atomic E-state index is 12.8. The number of amides is 1. The zero-order valence-electron chi connectivity index (χ0n) is 10.5. The van der Waals surface area contributed by atoms with Gasteiger partial charge in [-0.3, -0.25) is 9.59 Å². The molecule has 1 amide bonds. The molecular weight excluding hydrogens is 251 g/mol. The van der Waals surface area contributed by atoms with Gasteiger partial charge in [-0.25, -0.2) is 9.37 Å². The quantitative estimate of drug-likeness (QED) is 0.877. The average molecular weight is 266 g/mol. The minimum atomic E-state index is -0.939. The highest BCUT2D eigenvalue weighted by molar-refractivity contribution is 5.93. The Bertz CT molecular complexity index is 485. The molecule has 0 radical (unpaired) electrons.